The van der Waals surface area contributed by atoms with Crippen molar-refractivity contribution in [2.24, 2.45) is 7.05 Å². The van der Waals surface area contributed by atoms with Gasteiger partial charge in [-0.1, -0.05) is 0 Å². The standard InChI is InChI=1S/C11H22N4O/c1-11(2,3)12-7-5-6-8-15-10(16)14(4)9-13-15/h9,12H,5-8H2,1-4H3. The van der Waals surface area contributed by atoms with Gasteiger partial charge in [0.2, 0.25) is 0 Å². The van der Waals surface area contributed by atoms with Crippen molar-refractivity contribution in [2.45, 2.75) is 45.7 Å². The maximum Gasteiger partial charge on any atom is 0.345 e. The van der Waals surface area contributed by atoms with Crippen LogP contribution in [0.3, 0.4) is 0 Å². The normalized spacial score (nSPS) is 12.0. The molecule has 1 N–H and O–H groups in total. The van der Waals surface area contributed by atoms with Crippen molar-refractivity contribution < 1.29 is 0 Å². The van der Waals surface area contributed by atoms with Gasteiger partial charge in [-0.2, -0.15) is 5.10 Å². The molecule has 0 aliphatic heterocycles. The zero-order valence-electron chi connectivity index (χ0n) is 10.7. The van der Waals surface area contributed by atoms with E-state index in [1.54, 1.807) is 13.4 Å². The summed E-state index contributed by atoms with van der Waals surface area (Å²) in [4.78, 5) is 11.4. The predicted octanol–water partition coefficient (Wildman–Crippen LogP) is 0.750. The summed E-state index contributed by atoms with van der Waals surface area (Å²) in [5, 5.41) is 7.42. The number of unbranched alkanes of at least 4 members (excludes halogenated alkanes) is 1. The lowest BCUT2D eigenvalue weighted by molar-refractivity contribution is 0.410. The molecule has 1 heterocycles. The fraction of sp³-hybridized carbons (Fsp3) is 0.818. The van der Waals surface area contributed by atoms with Gasteiger partial charge < -0.3 is 5.32 Å². The maximum absolute atomic E-state index is 11.4. The minimum absolute atomic E-state index is 0.0382. The van der Waals surface area contributed by atoms with Crippen LogP contribution in [0, 0.1) is 0 Å². The van der Waals surface area contributed by atoms with E-state index in [2.05, 4.69) is 31.2 Å². The van der Waals surface area contributed by atoms with E-state index >= 15 is 0 Å². The van der Waals surface area contributed by atoms with E-state index in [4.69, 9.17) is 0 Å². The highest BCUT2D eigenvalue weighted by molar-refractivity contribution is 4.70. The first-order chi connectivity index (χ1) is 7.40. The molecule has 0 aliphatic carbocycles. The Labute approximate surface area is 96.5 Å². The van der Waals surface area contributed by atoms with Gasteiger partial charge in [-0.05, 0) is 40.2 Å². The van der Waals surface area contributed by atoms with Gasteiger partial charge in [-0.15, -0.1) is 0 Å². The van der Waals surface area contributed by atoms with Crippen LogP contribution in [0.15, 0.2) is 11.1 Å². The van der Waals surface area contributed by atoms with Crippen LogP contribution >= 0.6 is 0 Å². The minimum atomic E-state index is -0.0382. The van der Waals surface area contributed by atoms with Crippen LogP contribution in [0.25, 0.3) is 0 Å². The highest BCUT2D eigenvalue weighted by Crippen LogP contribution is 1.99. The Balaban J connectivity index is 2.22. The van der Waals surface area contributed by atoms with Crippen LogP contribution in [0.5, 0.6) is 0 Å². The van der Waals surface area contributed by atoms with Crippen molar-refractivity contribution in [3.8, 4) is 0 Å². The lowest BCUT2D eigenvalue weighted by Gasteiger charge is -2.20. The second-order valence-electron chi connectivity index (χ2n) is 5.13. The van der Waals surface area contributed by atoms with E-state index in [1.165, 1.54) is 9.25 Å². The van der Waals surface area contributed by atoms with Gasteiger partial charge in [-0.25, -0.2) is 9.48 Å². The van der Waals surface area contributed by atoms with Gasteiger partial charge in [0, 0.05) is 19.1 Å². The predicted molar refractivity (Wildman–Crippen MR) is 64.5 cm³/mol. The van der Waals surface area contributed by atoms with E-state index in [1.807, 2.05) is 0 Å². The van der Waals surface area contributed by atoms with Gasteiger partial charge in [0.05, 0.1) is 0 Å². The van der Waals surface area contributed by atoms with Crippen molar-refractivity contribution in [3.63, 3.8) is 0 Å². The Morgan fingerprint density at radius 1 is 1.38 bits per heavy atom. The minimum Gasteiger partial charge on any atom is -0.312 e. The molecule has 16 heavy (non-hydrogen) atoms. The summed E-state index contributed by atoms with van der Waals surface area (Å²) in [7, 11) is 1.72. The molecule has 5 heteroatoms. The molecule has 0 unspecified atom stereocenters. The van der Waals surface area contributed by atoms with Gasteiger partial charge in [0.25, 0.3) is 0 Å². The Hall–Kier alpha value is -1.10. The Bertz CT molecular complexity index is 372. The van der Waals surface area contributed by atoms with Gasteiger partial charge in [0.15, 0.2) is 0 Å². The fourth-order valence-corrected chi connectivity index (χ4v) is 1.42. The molecule has 0 radical (unpaired) electrons. The van der Waals surface area contributed by atoms with Crippen LogP contribution in [0.2, 0.25) is 0 Å². The fourth-order valence-electron chi connectivity index (χ4n) is 1.42. The second-order valence-corrected chi connectivity index (χ2v) is 5.13. The Morgan fingerprint density at radius 2 is 2.06 bits per heavy atom. The number of hydrogen-bond donors (Lipinski definition) is 1. The average molecular weight is 226 g/mol. The molecule has 0 bridgehead atoms. The molecule has 0 atom stereocenters. The molecule has 0 saturated heterocycles. The topological polar surface area (TPSA) is 51.9 Å². The van der Waals surface area contributed by atoms with Crippen molar-refractivity contribution >= 4 is 0 Å². The van der Waals surface area contributed by atoms with Crippen molar-refractivity contribution in [1.82, 2.24) is 19.7 Å². The molecule has 0 saturated carbocycles. The molecular weight excluding hydrogens is 204 g/mol. The van der Waals surface area contributed by atoms with Crippen LogP contribution in [-0.2, 0) is 13.6 Å². The molecule has 0 spiro atoms. The first-order valence-corrected chi connectivity index (χ1v) is 5.73. The smallest absolute Gasteiger partial charge is 0.312 e. The third kappa shape index (κ3) is 4.18. The van der Waals surface area contributed by atoms with E-state index in [0.29, 0.717) is 6.54 Å². The number of hydrogen-bond acceptors (Lipinski definition) is 3. The van der Waals surface area contributed by atoms with Crippen molar-refractivity contribution in [3.05, 3.63) is 16.8 Å². The second kappa shape index (κ2) is 5.30. The highest BCUT2D eigenvalue weighted by Gasteiger charge is 2.07. The summed E-state index contributed by atoms with van der Waals surface area (Å²) < 4.78 is 3.00. The molecule has 92 valence electrons. The first kappa shape index (κ1) is 13.0. The molecule has 0 aromatic carbocycles. The molecule has 0 amide bonds. The lowest BCUT2D eigenvalue weighted by atomic mass is 10.1. The Morgan fingerprint density at radius 3 is 2.56 bits per heavy atom. The maximum atomic E-state index is 11.4. The van der Waals surface area contributed by atoms with Crippen LogP contribution < -0.4 is 11.0 Å². The van der Waals surface area contributed by atoms with Gasteiger partial charge in [0.1, 0.15) is 6.33 Å². The molecule has 0 aliphatic rings. The quantitative estimate of drug-likeness (QED) is 0.754. The zero-order valence-corrected chi connectivity index (χ0v) is 10.7. The van der Waals surface area contributed by atoms with E-state index < -0.39 is 0 Å². The number of aromatic nitrogens is 3. The lowest BCUT2D eigenvalue weighted by Crippen LogP contribution is -2.36. The highest BCUT2D eigenvalue weighted by atomic mass is 16.2. The summed E-state index contributed by atoms with van der Waals surface area (Å²) in [5.74, 6) is 0. The molecular formula is C11H22N4O. The van der Waals surface area contributed by atoms with Gasteiger partial charge >= 0.3 is 5.69 Å². The molecule has 1 aromatic rings. The first-order valence-electron chi connectivity index (χ1n) is 5.73. The summed E-state index contributed by atoms with van der Waals surface area (Å²) in [6.45, 7) is 8.12. The third-order valence-corrected chi connectivity index (χ3v) is 2.34. The van der Waals surface area contributed by atoms with Crippen LogP contribution in [0.4, 0.5) is 0 Å². The molecule has 1 aromatic heterocycles. The van der Waals surface area contributed by atoms with Crippen molar-refractivity contribution in [2.75, 3.05) is 6.54 Å². The third-order valence-electron chi connectivity index (χ3n) is 2.34. The summed E-state index contributed by atoms with van der Waals surface area (Å²) >= 11 is 0. The number of nitrogens with one attached hydrogen (secondary N) is 1. The molecule has 0 fully saturated rings. The largest absolute Gasteiger partial charge is 0.345 e. The summed E-state index contributed by atoms with van der Waals surface area (Å²) in [6, 6.07) is 0. The van der Waals surface area contributed by atoms with E-state index in [9.17, 15) is 4.79 Å². The van der Waals surface area contributed by atoms with Crippen LogP contribution in [0.1, 0.15) is 33.6 Å². The summed E-state index contributed by atoms with van der Waals surface area (Å²) in [6.07, 6.45) is 3.58. The number of aryl methyl sites for hydroxylation is 2. The SMILES string of the molecule is Cn1cnn(CCCCNC(C)(C)C)c1=O. The molecule has 5 nitrogen and oxygen atoms in total. The average Bonchev–Trinajstić information content (AvgIpc) is 2.47. The van der Waals surface area contributed by atoms with Crippen molar-refractivity contribution in [1.29, 1.82) is 0 Å². The van der Waals surface area contributed by atoms with Gasteiger partial charge in [-0.3, -0.25) is 4.57 Å². The Kier molecular flexibility index (Phi) is 4.29. The summed E-state index contributed by atoms with van der Waals surface area (Å²) in [5.41, 5.74) is 0.130. The monoisotopic (exact) mass is 226 g/mol. The van der Waals surface area contributed by atoms with E-state index in [0.717, 1.165) is 19.4 Å². The number of nitrogens with zero attached hydrogens (tertiary/aromatic N) is 3. The molecule has 1 rings (SSSR count). The number of rotatable bonds is 5. The van der Waals surface area contributed by atoms with E-state index in [-0.39, 0.29) is 11.2 Å². The zero-order chi connectivity index (χ0) is 12.2. The van der Waals surface area contributed by atoms with Crippen LogP contribution in [-0.4, -0.2) is 26.4 Å².